The fourth-order valence-corrected chi connectivity index (χ4v) is 1.58. The standard InChI is InChI=1S/C12H15NO.C2H6/c1-9-4-5-11(8-10(9)2)12(14)13-6-3-7-13;1-2/h4-5,8H,3,6-7H2,1-2H3;1-2H3. The van der Waals surface area contributed by atoms with Crippen LogP contribution in [-0.2, 0) is 0 Å². The molecule has 0 aromatic heterocycles. The minimum atomic E-state index is 0.180. The molecule has 0 atom stereocenters. The second kappa shape index (κ2) is 5.69. The van der Waals surface area contributed by atoms with Gasteiger partial charge in [0.05, 0.1) is 0 Å². The number of nitrogens with zero attached hydrogens (tertiary/aromatic N) is 1. The minimum absolute atomic E-state index is 0.180. The monoisotopic (exact) mass is 219 g/mol. The van der Waals surface area contributed by atoms with Gasteiger partial charge in [-0.2, -0.15) is 0 Å². The molecule has 2 rings (SSSR count). The normalized spacial score (nSPS) is 13.6. The molecular formula is C14H21NO. The summed E-state index contributed by atoms with van der Waals surface area (Å²) in [6.07, 6.45) is 1.15. The van der Waals surface area contributed by atoms with Crippen molar-refractivity contribution in [1.29, 1.82) is 0 Å². The van der Waals surface area contributed by atoms with Gasteiger partial charge in [0.1, 0.15) is 0 Å². The summed E-state index contributed by atoms with van der Waals surface area (Å²) in [7, 11) is 0. The number of carbonyl (C=O) groups excluding carboxylic acids is 1. The van der Waals surface area contributed by atoms with E-state index in [1.807, 2.05) is 43.9 Å². The fraction of sp³-hybridized carbons (Fsp3) is 0.500. The summed E-state index contributed by atoms with van der Waals surface area (Å²) in [5.41, 5.74) is 3.26. The maximum absolute atomic E-state index is 11.8. The molecule has 0 radical (unpaired) electrons. The Hall–Kier alpha value is -1.31. The average Bonchev–Trinajstić information content (AvgIpc) is 2.22. The first-order valence-corrected chi connectivity index (χ1v) is 6.05. The van der Waals surface area contributed by atoms with Crippen LogP contribution in [0.5, 0.6) is 0 Å². The highest BCUT2D eigenvalue weighted by Crippen LogP contribution is 2.15. The zero-order valence-electron chi connectivity index (χ0n) is 10.7. The highest BCUT2D eigenvalue weighted by atomic mass is 16.2. The van der Waals surface area contributed by atoms with Gasteiger partial charge in [-0.05, 0) is 43.5 Å². The molecule has 2 nitrogen and oxygen atoms in total. The maximum atomic E-state index is 11.8. The Morgan fingerprint density at radius 3 is 2.19 bits per heavy atom. The van der Waals surface area contributed by atoms with E-state index >= 15 is 0 Å². The predicted octanol–water partition coefficient (Wildman–Crippen LogP) is 3.18. The third-order valence-corrected chi connectivity index (χ3v) is 2.90. The molecule has 1 saturated heterocycles. The van der Waals surface area contributed by atoms with Crippen molar-refractivity contribution in [2.24, 2.45) is 0 Å². The molecule has 1 amide bonds. The molecule has 0 spiro atoms. The molecule has 0 unspecified atom stereocenters. The summed E-state index contributed by atoms with van der Waals surface area (Å²) in [4.78, 5) is 13.7. The van der Waals surface area contributed by atoms with E-state index in [0.717, 1.165) is 25.1 Å². The Bertz CT molecular complexity index is 367. The van der Waals surface area contributed by atoms with Crippen LogP contribution in [0, 0.1) is 13.8 Å². The smallest absolute Gasteiger partial charge is 0.253 e. The summed E-state index contributed by atoms with van der Waals surface area (Å²) in [6.45, 7) is 9.95. The molecule has 0 bridgehead atoms. The lowest BCUT2D eigenvalue weighted by atomic mass is 10.0. The molecule has 1 aliphatic heterocycles. The largest absolute Gasteiger partial charge is 0.339 e. The van der Waals surface area contributed by atoms with Crippen LogP contribution in [-0.4, -0.2) is 23.9 Å². The Labute approximate surface area is 98.3 Å². The first kappa shape index (κ1) is 12.8. The number of rotatable bonds is 1. The van der Waals surface area contributed by atoms with Crippen LogP contribution in [0.2, 0.25) is 0 Å². The lowest BCUT2D eigenvalue weighted by Gasteiger charge is -2.31. The molecule has 1 fully saturated rings. The Balaban J connectivity index is 0.000000606. The molecule has 0 aliphatic carbocycles. The van der Waals surface area contributed by atoms with Crippen LogP contribution in [0.4, 0.5) is 0 Å². The van der Waals surface area contributed by atoms with E-state index in [1.165, 1.54) is 11.1 Å². The van der Waals surface area contributed by atoms with Gasteiger partial charge in [0.2, 0.25) is 0 Å². The molecule has 2 heteroatoms. The first-order valence-electron chi connectivity index (χ1n) is 6.05. The third-order valence-electron chi connectivity index (χ3n) is 2.90. The second-order valence-electron chi connectivity index (χ2n) is 3.94. The number of carbonyl (C=O) groups is 1. The SMILES string of the molecule is CC.Cc1ccc(C(=O)N2CCC2)cc1C. The zero-order chi connectivity index (χ0) is 12.1. The lowest BCUT2D eigenvalue weighted by molar-refractivity contribution is 0.0652. The molecular weight excluding hydrogens is 198 g/mol. The first-order chi connectivity index (χ1) is 7.68. The van der Waals surface area contributed by atoms with Gasteiger partial charge in [-0.15, -0.1) is 0 Å². The van der Waals surface area contributed by atoms with Crippen molar-refractivity contribution >= 4 is 5.91 Å². The summed E-state index contributed by atoms with van der Waals surface area (Å²) < 4.78 is 0. The number of hydrogen-bond acceptors (Lipinski definition) is 1. The van der Waals surface area contributed by atoms with E-state index in [4.69, 9.17) is 0 Å². The predicted molar refractivity (Wildman–Crippen MR) is 67.8 cm³/mol. The van der Waals surface area contributed by atoms with Crippen molar-refractivity contribution in [3.63, 3.8) is 0 Å². The zero-order valence-corrected chi connectivity index (χ0v) is 10.7. The lowest BCUT2D eigenvalue weighted by Crippen LogP contribution is -2.42. The van der Waals surface area contributed by atoms with E-state index in [1.54, 1.807) is 0 Å². The third kappa shape index (κ3) is 2.63. The van der Waals surface area contributed by atoms with Crippen LogP contribution in [0.15, 0.2) is 18.2 Å². The topological polar surface area (TPSA) is 20.3 Å². The van der Waals surface area contributed by atoms with E-state index in [0.29, 0.717) is 0 Å². The maximum Gasteiger partial charge on any atom is 0.253 e. The van der Waals surface area contributed by atoms with Gasteiger partial charge < -0.3 is 4.90 Å². The van der Waals surface area contributed by atoms with Gasteiger partial charge >= 0.3 is 0 Å². The second-order valence-corrected chi connectivity index (χ2v) is 3.94. The molecule has 1 aromatic carbocycles. The van der Waals surface area contributed by atoms with Gasteiger partial charge in [-0.25, -0.2) is 0 Å². The molecule has 1 aromatic rings. The fourth-order valence-electron chi connectivity index (χ4n) is 1.58. The Kier molecular flexibility index (Phi) is 4.53. The van der Waals surface area contributed by atoms with E-state index in [9.17, 15) is 4.79 Å². The summed E-state index contributed by atoms with van der Waals surface area (Å²) in [6, 6.07) is 5.92. The van der Waals surface area contributed by atoms with Crippen LogP contribution in [0.3, 0.4) is 0 Å². The van der Waals surface area contributed by atoms with Crippen molar-refractivity contribution in [2.45, 2.75) is 34.1 Å². The van der Waals surface area contributed by atoms with Crippen LogP contribution >= 0.6 is 0 Å². The van der Waals surface area contributed by atoms with Crippen molar-refractivity contribution in [3.05, 3.63) is 34.9 Å². The van der Waals surface area contributed by atoms with E-state index in [2.05, 4.69) is 6.92 Å². The van der Waals surface area contributed by atoms with Crippen molar-refractivity contribution < 1.29 is 4.79 Å². The molecule has 1 heterocycles. The van der Waals surface area contributed by atoms with Crippen LogP contribution in [0.1, 0.15) is 41.8 Å². The van der Waals surface area contributed by atoms with E-state index in [-0.39, 0.29) is 5.91 Å². The average molecular weight is 219 g/mol. The Morgan fingerprint density at radius 1 is 1.12 bits per heavy atom. The number of benzene rings is 1. The quantitative estimate of drug-likeness (QED) is 0.710. The van der Waals surface area contributed by atoms with Gasteiger partial charge in [0.15, 0.2) is 0 Å². The van der Waals surface area contributed by atoms with Crippen LogP contribution < -0.4 is 0 Å². The van der Waals surface area contributed by atoms with Gasteiger partial charge in [0, 0.05) is 18.7 Å². The molecule has 0 N–H and O–H groups in total. The van der Waals surface area contributed by atoms with Crippen LogP contribution in [0.25, 0.3) is 0 Å². The van der Waals surface area contributed by atoms with Crippen molar-refractivity contribution in [1.82, 2.24) is 4.90 Å². The highest BCUT2D eigenvalue weighted by Gasteiger charge is 2.21. The molecule has 0 saturated carbocycles. The van der Waals surface area contributed by atoms with Gasteiger partial charge in [0.25, 0.3) is 5.91 Å². The molecule has 16 heavy (non-hydrogen) atoms. The molecule has 1 aliphatic rings. The van der Waals surface area contributed by atoms with Gasteiger partial charge in [-0.1, -0.05) is 19.9 Å². The number of amides is 1. The van der Waals surface area contributed by atoms with Gasteiger partial charge in [-0.3, -0.25) is 4.79 Å². The van der Waals surface area contributed by atoms with Crippen molar-refractivity contribution in [2.75, 3.05) is 13.1 Å². The van der Waals surface area contributed by atoms with E-state index < -0.39 is 0 Å². The molecule has 88 valence electrons. The Morgan fingerprint density at radius 2 is 1.75 bits per heavy atom. The number of likely N-dealkylation sites (tertiary alicyclic amines) is 1. The summed E-state index contributed by atoms with van der Waals surface area (Å²) >= 11 is 0. The van der Waals surface area contributed by atoms with Crippen molar-refractivity contribution in [3.8, 4) is 0 Å². The minimum Gasteiger partial charge on any atom is -0.339 e. The summed E-state index contributed by atoms with van der Waals surface area (Å²) in [5.74, 6) is 0.180. The highest BCUT2D eigenvalue weighted by molar-refractivity contribution is 5.94. The summed E-state index contributed by atoms with van der Waals surface area (Å²) in [5, 5.41) is 0. The number of hydrogen-bond donors (Lipinski definition) is 0. The number of aryl methyl sites for hydroxylation is 2.